The van der Waals surface area contributed by atoms with E-state index in [-0.39, 0.29) is 5.91 Å². The van der Waals surface area contributed by atoms with Gasteiger partial charge in [-0.3, -0.25) is 4.79 Å². The molecule has 1 fully saturated rings. The Balaban J connectivity index is 1.39. The third-order valence-electron chi connectivity index (χ3n) is 5.48. The second kappa shape index (κ2) is 8.69. The number of morpholine rings is 1. The maximum Gasteiger partial charge on any atom is 0.258 e. The van der Waals surface area contributed by atoms with Crippen LogP contribution < -0.4 is 9.64 Å². The molecule has 0 aliphatic carbocycles. The molecule has 8 heteroatoms. The highest BCUT2D eigenvalue weighted by atomic mass is 16.5. The molecule has 158 valence electrons. The summed E-state index contributed by atoms with van der Waals surface area (Å²) in [6.07, 6.45) is 5.21. The fraction of sp³-hybridized carbons (Fsp3) is 0.304. The lowest BCUT2D eigenvalue weighted by molar-refractivity contribution is 0.0738. The Morgan fingerprint density at radius 1 is 0.903 bits per heavy atom. The van der Waals surface area contributed by atoms with Crippen LogP contribution in [0.1, 0.15) is 16.2 Å². The first-order chi connectivity index (χ1) is 15.3. The molecule has 2 aliphatic heterocycles. The number of aromatic nitrogens is 3. The summed E-state index contributed by atoms with van der Waals surface area (Å²) >= 11 is 0. The van der Waals surface area contributed by atoms with E-state index < -0.39 is 0 Å². The lowest BCUT2D eigenvalue weighted by Gasteiger charge is -2.27. The van der Waals surface area contributed by atoms with Gasteiger partial charge >= 0.3 is 0 Å². The van der Waals surface area contributed by atoms with Gasteiger partial charge in [0.2, 0.25) is 0 Å². The summed E-state index contributed by atoms with van der Waals surface area (Å²) in [5, 5.41) is 0. The van der Waals surface area contributed by atoms with E-state index in [4.69, 9.17) is 9.47 Å². The summed E-state index contributed by atoms with van der Waals surface area (Å²) in [7, 11) is 0. The second-order valence-electron chi connectivity index (χ2n) is 7.46. The minimum Gasteiger partial charge on any atom is -0.491 e. The molecule has 31 heavy (non-hydrogen) atoms. The number of anilines is 1. The van der Waals surface area contributed by atoms with Crippen LogP contribution in [0.2, 0.25) is 0 Å². The molecule has 0 bridgehead atoms. The second-order valence-corrected chi connectivity index (χ2v) is 7.46. The van der Waals surface area contributed by atoms with E-state index in [0.29, 0.717) is 36.8 Å². The fourth-order valence-corrected chi connectivity index (χ4v) is 3.81. The Bertz CT molecular complexity index is 1050. The molecule has 0 unspecified atom stereocenters. The number of rotatable bonds is 4. The molecule has 2 aliphatic rings. The average molecular weight is 417 g/mol. The van der Waals surface area contributed by atoms with Crippen molar-refractivity contribution < 1.29 is 14.3 Å². The van der Waals surface area contributed by atoms with Crippen molar-refractivity contribution in [3.05, 3.63) is 66.4 Å². The smallest absolute Gasteiger partial charge is 0.258 e. The minimum absolute atomic E-state index is 0.0836. The molecular weight excluding hydrogens is 394 g/mol. The van der Waals surface area contributed by atoms with E-state index in [1.165, 1.54) is 0 Å². The van der Waals surface area contributed by atoms with Crippen molar-refractivity contribution in [3.8, 4) is 16.9 Å². The quantitative estimate of drug-likeness (QED) is 0.645. The molecule has 0 atom stereocenters. The van der Waals surface area contributed by atoms with Crippen molar-refractivity contribution in [1.29, 1.82) is 0 Å². The van der Waals surface area contributed by atoms with Crippen molar-refractivity contribution in [1.82, 2.24) is 19.9 Å². The molecule has 3 aromatic rings. The van der Waals surface area contributed by atoms with Crippen LogP contribution in [0.3, 0.4) is 0 Å². The lowest BCUT2D eigenvalue weighted by atomic mass is 10.0. The molecule has 1 saturated heterocycles. The van der Waals surface area contributed by atoms with Gasteiger partial charge in [-0.2, -0.15) is 0 Å². The summed E-state index contributed by atoms with van der Waals surface area (Å²) in [5.74, 6) is 2.07. The normalized spacial score (nSPS) is 16.5. The van der Waals surface area contributed by atoms with Crippen molar-refractivity contribution in [2.75, 3.05) is 44.4 Å². The number of benzene rings is 1. The summed E-state index contributed by atoms with van der Waals surface area (Å²) in [5.41, 5.74) is 2.42. The third-order valence-corrected chi connectivity index (χ3v) is 5.48. The number of ether oxygens (including phenoxy) is 2. The largest absolute Gasteiger partial charge is 0.491 e. The zero-order chi connectivity index (χ0) is 21.0. The number of fused-ring (bicyclic) bond motifs is 1. The van der Waals surface area contributed by atoms with E-state index in [1.54, 1.807) is 23.4 Å². The van der Waals surface area contributed by atoms with Gasteiger partial charge < -0.3 is 19.3 Å². The maximum atomic E-state index is 13.2. The first kappa shape index (κ1) is 19.4. The lowest BCUT2D eigenvalue weighted by Crippen LogP contribution is -2.36. The van der Waals surface area contributed by atoms with Crippen LogP contribution in [0, 0.1) is 0 Å². The van der Waals surface area contributed by atoms with Crippen molar-refractivity contribution >= 4 is 11.7 Å². The fourth-order valence-electron chi connectivity index (χ4n) is 3.81. The van der Waals surface area contributed by atoms with E-state index >= 15 is 0 Å². The van der Waals surface area contributed by atoms with E-state index in [9.17, 15) is 4.79 Å². The number of hydrogen-bond donors (Lipinski definition) is 0. The summed E-state index contributed by atoms with van der Waals surface area (Å²) in [6.45, 7) is 4.40. The van der Waals surface area contributed by atoms with Gasteiger partial charge in [-0.05, 0) is 35.9 Å². The molecule has 0 spiro atoms. The Labute approximate surface area is 180 Å². The molecule has 2 aromatic heterocycles. The van der Waals surface area contributed by atoms with Gasteiger partial charge in [0.15, 0.2) is 0 Å². The predicted octanol–water partition coefficient (Wildman–Crippen LogP) is 2.41. The van der Waals surface area contributed by atoms with Gasteiger partial charge in [-0.15, -0.1) is 0 Å². The number of amides is 1. The SMILES string of the molecule is O=C1c2cc(-c3ccc(N4CCOCC4)nc3)ccc2OCCN1Cc1ncccn1. The highest BCUT2D eigenvalue weighted by molar-refractivity contribution is 5.98. The number of carbonyl (C=O) groups excluding carboxylic acids is 1. The summed E-state index contributed by atoms with van der Waals surface area (Å²) in [4.78, 5) is 30.3. The Hall–Kier alpha value is -3.52. The van der Waals surface area contributed by atoms with Crippen molar-refractivity contribution in [2.24, 2.45) is 0 Å². The first-order valence-corrected chi connectivity index (χ1v) is 10.4. The van der Waals surface area contributed by atoms with Crippen LogP contribution in [0.25, 0.3) is 11.1 Å². The predicted molar refractivity (Wildman–Crippen MR) is 115 cm³/mol. The highest BCUT2D eigenvalue weighted by Gasteiger charge is 2.25. The molecule has 0 N–H and O–H groups in total. The molecule has 4 heterocycles. The van der Waals surface area contributed by atoms with Gasteiger partial charge in [0.1, 0.15) is 24.0 Å². The monoisotopic (exact) mass is 417 g/mol. The number of carbonyl (C=O) groups is 1. The van der Waals surface area contributed by atoms with Crippen LogP contribution in [-0.2, 0) is 11.3 Å². The number of pyridine rings is 1. The van der Waals surface area contributed by atoms with Crippen molar-refractivity contribution in [2.45, 2.75) is 6.54 Å². The van der Waals surface area contributed by atoms with Crippen LogP contribution in [0.4, 0.5) is 5.82 Å². The average Bonchev–Trinajstić information content (AvgIpc) is 2.99. The molecule has 0 saturated carbocycles. The van der Waals surface area contributed by atoms with E-state index in [2.05, 4.69) is 19.9 Å². The standard InChI is InChI=1S/C23H23N5O3/c29-23-19-14-17(18-3-5-22(26-15-18)27-8-11-30-12-9-27)2-4-20(19)31-13-10-28(23)16-21-24-6-1-7-25-21/h1-7,14-15H,8-13,16H2. The zero-order valence-electron chi connectivity index (χ0n) is 17.1. The number of hydrogen-bond acceptors (Lipinski definition) is 7. The summed E-state index contributed by atoms with van der Waals surface area (Å²) in [6, 6.07) is 11.5. The highest BCUT2D eigenvalue weighted by Crippen LogP contribution is 2.30. The minimum atomic E-state index is -0.0836. The van der Waals surface area contributed by atoms with Gasteiger partial charge in [-0.25, -0.2) is 15.0 Å². The topological polar surface area (TPSA) is 80.7 Å². The van der Waals surface area contributed by atoms with Gasteiger partial charge in [0, 0.05) is 37.2 Å². The Kier molecular flexibility index (Phi) is 5.45. The van der Waals surface area contributed by atoms with Crippen LogP contribution >= 0.6 is 0 Å². The third kappa shape index (κ3) is 4.20. The van der Waals surface area contributed by atoms with Gasteiger partial charge in [-0.1, -0.05) is 6.07 Å². The Morgan fingerprint density at radius 2 is 1.71 bits per heavy atom. The maximum absolute atomic E-state index is 13.2. The van der Waals surface area contributed by atoms with Crippen LogP contribution in [-0.4, -0.2) is 65.2 Å². The van der Waals surface area contributed by atoms with Crippen LogP contribution in [0.5, 0.6) is 5.75 Å². The zero-order valence-corrected chi connectivity index (χ0v) is 17.1. The van der Waals surface area contributed by atoms with E-state index in [0.717, 1.165) is 43.2 Å². The first-order valence-electron chi connectivity index (χ1n) is 10.4. The van der Waals surface area contributed by atoms with Crippen LogP contribution in [0.15, 0.2) is 55.0 Å². The van der Waals surface area contributed by atoms with Gasteiger partial charge in [0.05, 0.1) is 31.9 Å². The molecular formula is C23H23N5O3. The molecule has 1 aromatic carbocycles. The van der Waals surface area contributed by atoms with E-state index in [1.807, 2.05) is 36.5 Å². The molecule has 0 radical (unpaired) electrons. The molecule has 1 amide bonds. The number of nitrogens with zero attached hydrogens (tertiary/aromatic N) is 5. The summed E-state index contributed by atoms with van der Waals surface area (Å²) < 4.78 is 11.2. The molecule has 8 nitrogen and oxygen atoms in total. The molecule has 5 rings (SSSR count). The Morgan fingerprint density at radius 3 is 2.48 bits per heavy atom. The van der Waals surface area contributed by atoms with Crippen molar-refractivity contribution in [3.63, 3.8) is 0 Å². The van der Waals surface area contributed by atoms with Gasteiger partial charge in [0.25, 0.3) is 5.91 Å².